The summed E-state index contributed by atoms with van der Waals surface area (Å²) in [6.45, 7) is 1.64. The van der Waals surface area contributed by atoms with Gasteiger partial charge in [-0.1, -0.05) is 18.2 Å². The molecule has 2 aromatic heterocycles. The van der Waals surface area contributed by atoms with Gasteiger partial charge in [0.2, 0.25) is 5.95 Å². The molecule has 1 saturated heterocycles. The normalized spacial score (nSPS) is 16.6. The summed E-state index contributed by atoms with van der Waals surface area (Å²) in [5.74, 6) is 0.592. The molecule has 0 amide bonds. The highest BCUT2D eigenvalue weighted by Crippen LogP contribution is 2.25. The second-order valence-corrected chi connectivity index (χ2v) is 7.14. The first kappa shape index (κ1) is 18.0. The van der Waals surface area contributed by atoms with Crippen LogP contribution in [0.1, 0.15) is 17.5 Å². The number of nitrogens with zero attached hydrogens (tertiary/aromatic N) is 6. The van der Waals surface area contributed by atoms with Crippen molar-refractivity contribution >= 4 is 17.1 Å². The summed E-state index contributed by atoms with van der Waals surface area (Å²) in [7, 11) is 3.06. The Balaban J connectivity index is 2.00. The maximum atomic E-state index is 12.9. The topological polar surface area (TPSA) is 115 Å². The van der Waals surface area contributed by atoms with E-state index in [0.717, 1.165) is 23.1 Å². The lowest BCUT2D eigenvalue weighted by Crippen LogP contribution is -2.37. The van der Waals surface area contributed by atoms with Crippen LogP contribution in [0.5, 0.6) is 0 Å². The van der Waals surface area contributed by atoms with Gasteiger partial charge < -0.3 is 10.6 Å². The molecule has 1 atom stereocenters. The van der Waals surface area contributed by atoms with Gasteiger partial charge in [-0.15, -0.1) is 0 Å². The Morgan fingerprint density at radius 1 is 1.25 bits per heavy atom. The molecule has 0 bridgehead atoms. The number of hydrogen-bond acceptors (Lipinski definition) is 6. The molecule has 9 heteroatoms. The van der Waals surface area contributed by atoms with Crippen LogP contribution in [-0.4, -0.2) is 37.8 Å². The highest BCUT2D eigenvalue weighted by atomic mass is 16.2. The Morgan fingerprint density at radius 2 is 2.00 bits per heavy atom. The van der Waals surface area contributed by atoms with Gasteiger partial charge in [0.15, 0.2) is 11.2 Å². The minimum atomic E-state index is -0.427. The minimum absolute atomic E-state index is 0.0336. The first-order chi connectivity index (χ1) is 13.4. The molecule has 0 aliphatic carbocycles. The first-order valence-corrected chi connectivity index (χ1v) is 9.07. The number of benzene rings is 1. The van der Waals surface area contributed by atoms with Gasteiger partial charge in [-0.25, -0.2) is 4.79 Å². The Bertz CT molecular complexity index is 1230. The number of imidazole rings is 1. The summed E-state index contributed by atoms with van der Waals surface area (Å²) >= 11 is 0. The molecule has 1 aliphatic heterocycles. The number of nitriles is 1. The molecule has 3 heterocycles. The SMILES string of the molecule is Cn1c(=O)c2c(nc(N3CC[C@H](N)C3)n2Cc2ccccc2C#N)n(C)c1=O. The van der Waals surface area contributed by atoms with Crippen molar-refractivity contribution in [2.24, 2.45) is 19.8 Å². The molecule has 1 aliphatic rings. The fourth-order valence-electron chi connectivity index (χ4n) is 3.73. The van der Waals surface area contributed by atoms with E-state index in [9.17, 15) is 14.9 Å². The van der Waals surface area contributed by atoms with Crippen LogP contribution in [0.25, 0.3) is 11.2 Å². The van der Waals surface area contributed by atoms with Crippen molar-refractivity contribution in [3.8, 4) is 6.07 Å². The van der Waals surface area contributed by atoms with Gasteiger partial charge >= 0.3 is 5.69 Å². The van der Waals surface area contributed by atoms with Gasteiger partial charge in [0.05, 0.1) is 18.2 Å². The number of aromatic nitrogens is 4. The number of rotatable bonds is 3. The number of aryl methyl sites for hydroxylation is 1. The third-order valence-corrected chi connectivity index (χ3v) is 5.30. The Kier molecular flexibility index (Phi) is 4.28. The van der Waals surface area contributed by atoms with Gasteiger partial charge in [-0.2, -0.15) is 10.2 Å². The fourth-order valence-corrected chi connectivity index (χ4v) is 3.73. The summed E-state index contributed by atoms with van der Waals surface area (Å²) in [6, 6.07) is 9.49. The van der Waals surface area contributed by atoms with Gasteiger partial charge in [0.1, 0.15) is 0 Å². The molecule has 2 N–H and O–H groups in total. The van der Waals surface area contributed by atoms with Crippen molar-refractivity contribution in [3.63, 3.8) is 0 Å². The summed E-state index contributed by atoms with van der Waals surface area (Å²) in [5, 5.41) is 9.44. The molecule has 28 heavy (non-hydrogen) atoms. The van der Waals surface area contributed by atoms with E-state index >= 15 is 0 Å². The molecular formula is C19H21N7O2. The van der Waals surface area contributed by atoms with E-state index in [-0.39, 0.29) is 6.04 Å². The molecular weight excluding hydrogens is 358 g/mol. The van der Waals surface area contributed by atoms with E-state index in [1.54, 1.807) is 23.7 Å². The standard InChI is InChI=1S/C19H21N7O2/c1-23-16-15(17(27)24(2)19(23)28)26(10-13-6-4-3-5-12(13)9-20)18(22-16)25-8-7-14(21)11-25/h3-6,14H,7-8,10-11,21H2,1-2H3/t14-/m0/s1. The van der Waals surface area contributed by atoms with Crippen LogP contribution >= 0.6 is 0 Å². The molecule has 1 fully saturated rings. The third kappa shape index (κ3) is 2.70. The lowest BCUT2D eigenvalue weighted by molar-refractivity contribution is 0.701. The summed E-state index contributed by atoms with van der Waals surface area (Å²) in [5.41, 5.74) is 7.23. The molecule has 4 rings (SSSR count). The van der Waals surface area contributed by atoms with Gasteiger partial charge in [0, 0.05) is 33.2 Å². The Morgan fingerprint density at radius 3 is 2.68 bits per heavy atom. The van der Waals surface area contributed by atoms with Crippen LogP contribution in [0.15, 0.2) is 33.9 Å². The second kappa shape index (κ2) is 6.65. The van der Waals surface area contributed by atoms with Crippen molar-refractivity contribution in [3.05, 3.63) is 56.2 Å². The van der Waals surface area contributed by atoms with E-state index < -0.39 is 11.2 Å². The van der Waals surface area contributed by atoms with Crippen LogP contribution in [0.3, 0.4) is 0 Å². The van der Waals surface area contributed by atoms with E-state index in [2.05, 4.69) is 11.1 Å². The third-order valence-electron chi connectivity index (χ3n) is 5.30. The summed E-state index contributed by atoms with van der Waals surface area (Å²) < 4.78 is 4.25. The smallest absolute Gasteiger partial charge is 0.332 e. The van der Waals surface area contributed by atoms with E-state index in [0.29, 0.717) is 35.8 Å². The lowest BCUT2D eigenvalue weighted by atomic mass is 10.1. The highest BCUT2D eigenvalue weighted by Gasteiger charge is 2.27. The van der Waals surface area contributed by atoms with Gasteiger partial charge in [-0.05, 0) is 18.1 Å². The first-order valence-electron chi connectivity index (χ1n) is 9.07. The summed E-state index contributed by atoms with van der Waals surface area (Å²) in [4.78, 5) is 32.0. The second-order valence-electron chi connectivity index (χ2n) is 7.14. The minimum Gasteiger partial charge on any atom is -0.341 e. The average Bonchev–Trinajstić information content (AvgIpc) is 3.29. The van der Waals surface area contributed by atoms with Crippen molar-refractivity contribution < 1.29 is 0 Å². The molecule has 144 valence electrons. The predicted molar refractivity (Wildman–Crippen MR) is 105 cm³/mol. The van der Waals surface area contributed by atoms with Crippen LogP contribution < -0.4 is 21.9 Å². The van der Waals surface area contributed by atoms with Crippen molar-refractivity contribution in [2.75, 3.05) is 18.0 Å². The molecule has 0 unspecified atom stereocenters. The summed E-state index contributed by atoms with van der Waals surface area (Å²) in [6.07, 6.45) is 0.828. The van der Waals surface area contributed by atoms with E-state index in [1.165, 1.54) is 11.6 Å². The van der Waals surface area contributed by atoms with E-state index in [4.69, 9.17) is 5.73 Å². The molecule has 0 radical (unpaired) electrons. The number of hydrogen-bond donors (Lipinski definition) is 1. The molecule has 0 saturated carbocycles. The number of anilines is 1. The quantitative estimate of drug-likeness (QED) is 0.679. The van der Waals surface area contributed by atoms with Gasteiger partial charge in [-0.3, -0.25) is 18.5 Å². The zero-order valence-electron chi connectivity index (χ0n) is 15.8. The Labute approximate surface area is 160 Å². The maximum Gasteiger partial charge on any atom is 0.332 e. The highest BCUT2D eigenvalue weighted by molar-refractivity contribution is 5.75. The molecule has 9 nitrogen and oxygen atoms in total. The maximum absolute atomic E-state index is 12.9. The largest absolute Gasteiger partial charge is 0.341 e. The zero-order valence-corrected chi connectivity index (χ0v) is 15.8. The van der Waals surface area contributed by atoms with Crippen LogP contribution in [0.2, 0.25) is 0 Å². The van der Waals surface area contributed by atoms with Crippen molar-refractivity contribution in [2.45, 2.75) is 19.0 Å². The molecule has 0 spiro atoms. The Hall–Kier alpha value is -3.38. The fraction of sp³-hybridized carbons (Fsp3) is 0.368. The van der Waals surface area contributed by atoms with Crippen LogP contribution in [-0.2, 0) is 20.6 Å². The van der Waals surface area contributed by atoms with Crippen LogP contribution in [0.4, 0.5) is 5.95 Å². The predicted octanol–water partition coefficient (Wildman–Crippen LogP) is -0.109. The van der Waals surface area contributed by atoms with Gasteiger partial charge in [0.25, 0.3) is 5.56 Å². The monoisotopic (exact) mass is 379 g/mol. The lowest BCUT2D eigenvalue weighted by Gasteiger charge is -2.19. The number of nitrogens with two attached hydrogens (primary N) is 1. The van der Waals surface area contributed by atoms with Crippen molar-refractivity contribution in [1.29, 1.82) is 5.26 Å². The molecule has 3 aromatic rings. The number of fused-ring (bicyclic) bond motifs is 1. The van der Waals surface area contributed by atoms with E-state index in [1.807, 2.05) is 17.0 Å². The molecule has 1 aromatic carbocycles. The van der Waals surface area contributed by atoms with Crippen LogP contribution in [0, 0.1) is 11.3 Å². The van der Waals surface area contributed by atoms with Crippen molar-refractivity contribution in [1.82, 2.24) is 18.7 Å². The zero-order chi connectivity index (χ0) is 20.0. The average molecular weight is 379 g/mol.